The topological polar surface area (TPSA) is 99.7 Å². The highest BCUT2D eigenvalue weighted by Gasteiger charge is 2.54. The number of phenolic OH excluding ortho intramolecular Hbond substituents is 1. The molecule has 0 unspecified atom stereocenters. The maximum Gasteiger partial charge on any atom is 0.334 e. The normalized spacial score (nSPS) is 20.2. The minimum absolute atomic E-state index is 0. The summed E-state index contributed by atoms with van der Waals surface area (Å²) in [5.74, 6) is -0.325. The lowest BCUT2D eigenvalue weighted by Gasteiger charge is -2.57. The highest BCUT2D eigenvalue weighted by atomic mass is 35.5. The number of rotatable bonds is 7. The number of carbonyl (C=O) groups is 3. The average Bonchev–Trinajstić information content (AvgIpc) is 2.98. The second-order valence-electron chi connectivity index (χ2n) is 11.3. The first kappa shape index (κ1) is 32.6. The van der Waals surface area contributed by atoms with Crippen molar-refractivity contribution in [3.05, 3.63) is 94.5 Å². The molecule has 0 aliphatic carbocycles. The van der Waals surface area contributed by atoms with Crippen LogP contribution in [0.1, 0.15) is 31.0 Å². The van der Waals surface area contributed by atoms with Gasteiger partial charge < -0.3 is 25.1 Å². The molecule has 5 rings (SSSR count). The number of nitrogens with zero attached hydrogens (tertiary/aromatic N) is 5. The molecule has 2 N–H and O–H groups in total. The van der Waals surface area contributed by atoms with Gasteiger partial charge in [-0.05, 0) is 47.9 Å². The molecule has 44 heavy (non-hydrogen) atoms. The van der Waals surface area contributed by atoms with Gasteiger partial charge in [0.2, 0.25) is 11.8 Å². The van der Waals surface area contributed by atoms with Crippen LogP contribution in [0, 0.1) is 0 Å². The molecule has 2 fully saturated rings. The molecule has 2 aliphatic heterocycles. The predicted molar refractivity (Wildman–Crippen MR) is 172 cm³/mol. The van der Waals surface area contributed by atoms with Gasteiger partial charge in [0, 0.05) is 40.7 Å². The first-order chi connectivity index (χ1) is 20.5. The van der Waals surface area contributed by atoms with Crippen LogP contribution in [0.15, 0.2) is 72.8 Å². The van der Waals surface area contributed by atoms with Crippen LogP contribution in [-0.4, -0.2) is 88.7 Å². The number of hydrazine groups is 1. The van der Waals surface area contributed by atoms with E-state index in [-0.39, 0.29) is 50.5 Å². The molecule has 3 aromatic carbocycles. The number of likely N-dealkylation sites (N-methyl/N-ethyl adjacent to an activating group) is 1. The summed E-state index contributed by atoms with van der Waals surface area (Å²) in [6.07, 6.45) is -0.514. The van der Waals surface area contributed by atoms with Crippen LogP contribution in [0.3, 0.4) is 0 Å². The third kappa shape index (κ3) is 6.61. The van der Waals surface area contributed by atoms with E-state index in [0.29, 0.717) is 11.6 Å². The van der Waals surface area contributed by atoms with Crippen LogP contribution >= 0.6 is 11.6 Å². The maximum absolute atomic E-state index is 14.3. The van der Waals surface area contributed by atoms with Gasteiger partial charge in [-0.25, -0.2) is 14.8 Å². The zero-order chi connectivity index (χ0) is 30.8. The Bertz CT molecular complexity index is 1490. The van der Waals surface area contributed by atoms with E-state index in [1.54, 1.807) is 51.1 Å². The number of hydrogen-bond acceptors (Lipinski definition) is 6. The van der Waals surface area contributed by atoms with Crippen molar-refractivity contribution in [2.75, 3.05) is 32.6 Å². The van der Waals surface area contributed by atoms with Crippen molar-refractivity contribution in [3.8, 4) is 5.75 Å². The summed E-state index contributed by atoms with van der Waals surface area (Å²) in [7, 11) is 5.52. The molecule has 10 nitrogen and oxygen atoms in total. The molecular formula is C33H41ClN6O4. The fourth-order valence-electron chi connectivity index (χ4n) is 5.88. The predicted octanol–water partition coefficient (Wildman–Crippen LogP) is 4.32. The van der Waals surface area contributed by atoms with Crippen molar-refractivity contribution in [1.82, 2.24) is 25.1 Å². The Labute approximate surface area is 264 Å². The number of halogens is 1. The van der Waals surface area contributed by atoms with Crippen LogP contribution in [0.25, 0.3) is 0 Å². The second-order valence-corrected chi connectivity index (χ2v) is 11.7. The van der Waals surface area contributed by atoms with Crippen LogP contribution in [0.2, 0.25) is 5.02 Å². The summed E-state index contributed by atoms with van der Waals surface area (Å²) in [6, 6.07) is 20.1. The summed E-state index contributed by atoms with van der Waals surface area (Å²) in [4.78, 5) is 46.9. The smallest absolute Gasteiger partial charge is 0.334 e. The third-order valence-electron chi connectivity index (χ3n) is 8.09. The standard InChI is InChI=1S/C32H37ClN6O4.CH4/c1-21-30-38(29(41)20-36(4)39(30)32(43)34-18-23-8-6-5-7-9-23)28(16-22-10-13-25(40)14-11-22)31(42)37(21)19-24-12-15-26(33)27(17-24)35(2)3;/h5-15,17,21,28,30,40H,16,18-20H2,1-4H3,(H,34,43);1H4/t21-,28+,30+;/m1./s1. The number of carbonyl (C=O) groups excluding carboxylic acids is 3. The van der Waals surface area contributed by atoms with Gasteiger partial charge in [0.1, 0.15) is 18.0 Å². The summed E-state index contributed by atoms with van der Waals surface area (Å²) >= 11 is 6.43. The fourth-order valence-corrected chi connectivity index (χ4v) is 6.16. The summed E-state index contributed by atoms with van der Waals surface area (Å²) in [5, 5.41) is 16.6. The number of urea groups is 1. The van der Waals surface area contributed by atoms with Crippen LogP contribution in [0.5, 0.6) is 5.75 Å². The molecule has 0 aromatic heterocycles. The zero-order valence-electron chi connectivity index (χ0n) is 24.8. The largest absolute Gasteiger partial charge is 0.508 e. The lowest BCUT2D eigenvalue weighted by atomic mass is 9.94. The molecule has 2 heterocycles. The van der Waals surface area contributed by atoms with Gasteiger partial charge >= 0.3 is 6.03 Å². The van der Waals surface area contributed by atoms with Gasteiger partial charge in [-0.2, -0.15) is 0 Å². The molecule has 11 heteroatoms. The van der Waals surface area contributed by atoms with E-state index >= 15 is 0 Å². The molecule has 0 spiro atoms. The highest BCUT2D eigenvalue weighted by molar-refractivity contribution is 6.33. The number of benzene rings is 3. The van der Waals surface area contributed by atoms with E-state index in [1.165, 1.54) is 0 Å². The number of aromatic hydroxyl groups is 1. The van der Waals surface area contributed by atoms with E-state index in [4.69, 9.17) is 11.6 Å². The third-order valence-corrected chi connectivity index (χ3v) is 8.41. The number of fused-ring (bicyclic) bond motifs is 1. The Morgan fingerprint density at radius 1 is 1.00 bits per heavy atom. The first-order valence-corrected chi connectivity index (χ1v) is 14.6. The lowest BCUT2D eigenvalue weighted by Crippen LogP contribution is -2.78. The van der Waals surface area contributed by atoms with Crippen molar-refractivity contribution in [1.29, 1.82) is 0 Å². The quantitative estimate of drug-likeness (QED) is 0.408. The van der Waals surface area contributed by atoms with Gasteiger partial charge in [-0.15, -0.1) is 0 Å². The zero-order valence-corrected chi connectivity index (χ0v) is 25.5. The van der Waals surface area contributed by atoms with Gasteiger partial charge in [0.15, 0.2) is 0 Å². The van der Waals surface area contributed by atoms with Gasteiger partial charge in [0.05, 0.1) is 23.3 Å². The molecule has 2 aliphatic rings. The van der Waals surface area contributed by atoms with E-state index in [2.05, 4.69) is 5.32 Å². The summed E-state index contributed by atoms with van der Waals surface area (Å²) in [5.41, 5.74) is 3.44. The fraction of sp³-hybridized carbons (Fsp3) is 0.364. The Balaban J connectivity index is 0.00000442. The van der Waals surface area contributed by atoms with Crippen molar-refractivity contribution in [3.63, 3.8) is 0 Å². The Morgan fingerprint density at radius 2 is 1.66 bits per heavy atom. The maximum atomic E-state index is 14.3. The van der Waals surface area contributed by atoms with E-state index < -0.39 is 18.2 Å². The van der Waals surface area contributed by atoms with Crippen molar-refractivity contribution in [2.45, 2.75) is 52.1 Å². The second kappa shape index (κ2) is 13.6. The molecular weight excluding hydrogens is 580 g/mol. The number of amides is 4. The Kier molecular flexibility index (Phi) is 10.1. The number of phenols is 1. The number of hydrogen-bond donors (Lipinski definition) is 2. The Morgan fingerprint density at radius 3 is 2.32 bits per heavy atom. The SMILES string of the molecule is C.C[C@@H]1[C@H]2N(C(=O)CN(C)N2C(=O)NCc2ccccc2)[C@@H](Cc2ccc(O)cc2)C(=O)N1Cc1ccc(Cl)c(N(C)C)c1. The van der Waals surface area contributed by atoms with E-state index in [0.717, 1.165) is 22.4 Å². The van der Waals surface area contributed by atoms with Crippen molar-refractivity contribution in [2.24, 2.45) is 0 Å². The monoisotopic (exact) mass is 620 g/mol. The first-order valence-electron chi connectivity index (χ1n) is 14.2. The van der Waals surface area contributed by atoms with E-state index in [9.17, 15) is 19.5 Å². The van der Waals surface area contributed by atoms with Crippen LogP contribution in [0.4, 0.5) is 10.5 Å². The number of anilines is 1. The molecule has 0 radical (unpaired) electrons. The molecule has 234 valence electrons. The summed E-state index contributed by atoms with van der Waals surface area (Å²) in [6.45, 7) is 2.41. The highest BCUT2D eigenvalue weighted by Crippen LogP contribution is 2.34. The molecule has 3 atom stereocenters. The number of nitrogens with one attached hydrogen (secondary N) is 1. The average molecular weight is 621 g/mol. The molecule has 0 saturated carbocycles. The van der Waals surface area contributed by atoms with Crippen molar-refractivity contribution < 1.29 is 19.5 Å². The van der Waals surface area contributed by atoms with Gasteiger partial charge in [0.25, 0.3) is 0 Å². The molecule has 4 amide bonds. The van der Waals surface area contributed by atoms with Crippen LogP contribution in [-0.2, 0) is 29.1 Å². The minimum Gasteiger partial charge on any atom is -0.508 e. The van der Waals surface area contributed by atoms with Crippen LogP contribution < -0.4 is 10.2 Å². The van der Waals surface area contributed by atoms with Crippen molar-refractivity contribution >= 4 is 35.1 Å². The minimum atomic E-state index is -0.850. The Hall–Kier alpha value is -4.28. The van der Waals surface area contributed by atoms with E-state index in [1.807, 2.05) is 74.4 Å². The molecule has 0 bridgehead atoms. The number of piperazine rings is 1. The van der Waals surface area contributed by atoms with Gasteiger partial charge in [-0.1, -0.05) is 67.6 Å². The molecule has 3 aromatic rings. The van der Waals surface area contributed by atoms with Gasteiger partial charge in [-0.3, -0.25) is 9.59 Å². The lowest BCUT2D eigenvalue weighted by molar-refractivity contribution is -0.196. The summed E-state index contributed by atoms with van der Waals surface area (Å²) < 4.78 is 0. The molecule has 2 saturated heterocycles.